The molecule has 0 aliphatic carbocycles. The summed E-state index contributed by atoms with van der Waals surface area (Å²) in [5.41, 5.74) is 1.69. The lowest BCUT2D eigenvalue weighted by molar-refractivity contribution is 0.568. The van der Waals surface area contributed by atoms with Crippen LogP contribution in [0, 0.1) is 0 Å². The van der Waals surface area contributed by atoms with Crippen molar-refractivity contribution in [2.75, 3.05) is 4.72 Å². The summed E-state index contributed by atoms with van der Waals surface area (Å²) in [5, 5.41) is 0.0757. The third-order valence-corrected chi connectivity index (χ3v) is 4.67. The number of hydrogen-bond donors (Lipinski definition) is 1. The van der Waals surface area contributed by atoms with Gasteiger partial charge in [-0.3, -0.25) is 4.72 Å². The van der Waals surface area contributed by atoms with Crippen LogP contribution in [0.3, 0.4) is 0 Å². The lowest BCUT2D eigenvalue weighted by Gasteiger charge is -2.10. The number of nitrogens with zero attached hydrogens (tertiary/aromatic N) is 1. The van der Waals surface area contributed by atoms with Crippen molar-refractivity contribution in [3.05, 3.63) is 66.3 Å². The van der Waals surface area contributed by atoms with E-state index in [4.69, 9.17) is 16.0 Å². The maximum absolute atomic E-state index is 12.3. The number of nitrogens with one attached hydrogen (secondary N) is 1. The zero-order valence-electron chi connectivity index (χ0n) is 11.2. The molecule has 7 heteroatoms. The summed E-state index contributed by atoms with van der Waals surface area (Å²) < 4.78 is 32.1. The molecule has 0 atom stereocenters. The summed E-state index contributed by atoms with van der Waals surface area (Å²) in [5.74, 6) is 0. The molecule has 0 amide bonds. The first kappa shape index (κ1) is 14.6. The lowest BCUT2D eigenvalue weighted by atomic mass is 10.1. The van der Waals surface area contributed by atoms with Gasteiger partial charge in [-0.1, -0.05) is 29.8 Å². The molecular formula is C15H11ClN2O3S. The molecule has 0 aliphatic rings. The molecule has 1 aromatic carbocycles. The van der Waals surface area contributed by atoms with Gasteiger partial charge in [-0.15, -0.1) is 0 Å². The van der Waals surface area contributed by atoms with Gasteiger partial charge in [-0.25, -0.2) is 13.4 Å². The predicted molar refractivity (Wildman–Crippen MR) is 84.2 cm³/mol. The third-order valence-electron chi connectivity index (χ3n) is 2.99. The number of aromatic nitrogens is 1. The highest BCUT2D eigenvalue weighted by atomic mass is 35.5. The third kappa shape index (κ3) is 2.98. The van der Waals surface area contributed by atoms with E-state index in [9.17, 15) is 8.42 Å². The molecule has 1 N–H and O–H groups in total. The summed E-state index contributed by atoms with van der Waals surface area (Å²) >= 11 is 5.99. The Bertz CT molecular complexity index is 878. The minimum Gasteiger partial charge on any atom is -0.472 e. The molecule has 2 aromatic heterocycles. The average Bonchev–Trinajstić information content (AvgIpc) is 3.04. The molecule has 0 radical (unpaired) electrons. The number of furan rings is 1. The Morgan fingerprint density at radius 2 is 1.86 bits per heavy atom. The van der Waals surface area contributed by atoms with E-state index in [1.54, 1.807) is 42.8 Å². The normalized spacial score (nSPS) is 11.3. The minimum atomic E-state index is -3.72. The second-order valence-corrected chi connectivity index (χ2v) is 6.53. The highest BCUT2D eigenvalue weighted by Gasteiger charge is 2.16. The second-order valence-electron chi connectivity index (χ2n) is 4.49. The van der Waals surface area contributed by atoms with Gasteiger partial charge in [-0.2, -0.15) is 0 Å². The number of benzene rings is 1. The van der Waals surface area contributed by atoms with E-state index < -0.39 is 10.0 Å². The number of hydrogen-bond acceptors (Lipinski definition) is 4. The minimum absolute atomic E-state index is 0.0757. The first-order valence-electron chi connectivity index (χ1n) is 6.32. The molecule has 0 spiro atoms. The van der Waals surface area contributed by atoms with Crippen molar-refractivity contribution in [2.45, 2.75) is 4.90 Å². The highest BCUT2D eigenvalue weighted by Crippen LogP contribution is 2.28. The van der Waals surface area contributed by atoms with Crippen molar-refractivity contribution in [2.24, 2.45) is 0 Å². The zero-order valence-corrected chi connectivity index (χ0v) is 12.8. The molecule has 5 nitrogen and oxygen atoms in total. The fourth-order valence-corrected chi connectivity index (χ4v) is 3.19. The van der Waals surface area contributed by atoms with Crippen molar-refractivity contribution >= 4 is 27.3 Å². The summed E-state index contributed by atoms with van der Waals surface area (Å²) in [6, 6.07) is 11.4. The molecule has 0 aliphatic heterocycles. The summed E-state index contributed by atoms with van der Waals surface area (Å²) in [6.45, 7) is 0. The number of halogens is 1. The topological polar surface area (TPSA) is 72.2 Å². The fourth-order valence-electron chi connectivity index (χ4n) is 1.91. The molecule has 2 heterocycles. The van der Waals surface area contributed by atoms with E-state index in [1.807, 2.05) is 0 Å². The predicted octanol–water partition coefficient (Wildman–Crippen LogP) is 3.80. The SMILES string of the molecule is O=S(=O)(Nc1cc(-c2ccoc2)cnc1Cl)c1ccccc1. The molecule has 3 rings (SSSR count). The summed E-state index contributed by atoms with van der Waals surface area (Å²) in [6.07, 6.45) is 4.62. The Balaban J connectivity index is 1.97. The Morgan fingerprint density at radius 3 is 2.55 bits per heavy atom. The van der Waals surface area contributed by atoms with Crippen molar-refractivity contribution < 1.29 is 12.8 Å². The summed E-state index contributed by atoms with van der Waals surface area (Å²) in [7, 11) is -3.72. The number of pyridine rings is 1. The van der Waals surface area contributed by atoms with Crippen molar-refractivity contribution in [3.63, 3.8) is 0 Å². The zero-order chi connectivity index (χ0) is 15.6. The molecule has 112 valence electrons. The van der Waals surface area contributed by atoms with Gasteiger partial charge in [0.05, 0.1) is 23.1 Å². The van der Waals surface area contributed by atoms with Crippen LogP contribution in [0.1, 0.15) is 0 Å². The first-order chi connectivity index (χ1) is 10.6. The van der Waals surface area contributed by atoms with Gasteiger partial charge >= 0.3 is 0 Å². The highest BCUT2D eigenvalue weighted by molar-refractivity contribution is 7.92. The van der Waals surface area contributed by atoms with Crippen molar-refractivity contribution in [3.8, 4) is 11.1 Å². The maximum Gasteiger partial charge on any atom is 0.261 e. The van der Waals surface area contributed by atoms with E-state index >= 15 is 0 Å². The van der Waals surface area contributed by atoms with Crippen LogP contribution in [0.5, 0.6) is 0 Å². The molecule has 0 unspecified atom stereocenters. The molecule has 0 bridgehead atoms. The van der Waals surface area contributed by atoms with Gasteiger partial charge in [0.25, 0.3) is 10.0 Å². The van der Waals surface area contributed by atoms with Crippen LogP contribution in [-0.2, 0) is 10.0 Å². The molecule has 0 saturated carbocycles. The quantitative estimate of drug-likeness (QED) is 0.737. The number of sulfonamides is 1. The standard InChI is InChI=1S/C15H11ClN2O3S/c16-15-14(8-12(9-17-15)11-6-7-21-10-11)18-22(19,20)13-4-2-1-3-5-13/h1-10,18H. The fraction of sp³-hybridized carbons (Fsp3) is 0. The number of anilines is 1. The van der Waals surface area contributed by atoms with Gasteiger partial charge in [0, 0.05) is 17.3 Å². The second kappa shape index (κ2) is 5.82. The van der Waals surface area contributed by atoms with E-state index in [2.05, 4.69) is 9.71 Å². The smallest absolute Gasteiger partial charge is 0.261 e. The van der Waals surface area contributed by atoms with E-state index in [0.29, 0.717) is 5.56 Å². The van der Waals surface area contributed by atoms with Gasteiger partial charge in [0.2, 0.25) is 0 Å². The molecule has 0 saturated heterocycles. The largest absolute Gasteiger partial charge is 0.472 e. The Morgan fingerprint density at radius 1 is 1.09 bits per heavy atom. The van der Waals surface area contributed by atoms with Crippen LogP contribution in [0.15, 0.2) is 70.5 Å². The van der Waals surface area contributed by atoms with E-state index in [-0.39, 0.29) is 15.7 Å². The van der Waals surface area contributed by atoms with Gasteiger partial charge < -0.3 is 4.42 Å². The maximum atomic E-state index is 12.3. The molecular weight excluding hydrogens is 324 g/mol. The van der Waals surface area contributed by atoms with Crippen molar-refractivity contribution in [1.82, 2.24) is 4.98 Å². The van der Waals surface area contributed by atoms with Crippen LogP contribution in [0.4, 0.5) is 5.69 Å². The van der Waals surface area contributed by atoms with Gasteiger partial charge in [0.15, 0.2) is 5.15 Å². The molecule has 22 heavy (non-hydrogen) atoms. The monoisotopic (exact) mass is 334 g/mol. The summed E-state index contributed by atoms with van der Waals surface area (Å²) in [4.78, 5) is 4.16. The van der Waals surface area contributed by atoms with E-state index in [1.165, 1.54) is 18.4 Å². The van der Waals surface area contributed by atoms with Crippen LogP contribution in [0.25, 0.3) is 11.1 Å². The van der Waals surface area contributed by atoms with E-state index in [0.717, 1.165) is 5.56 Å². The Hall–Kier alpha value is -2.31. The van der Waals surface area contributed by atoms with Gasteiger partial charge in [-0.05, 0) is 24.3 Å². The first-order valence-corrected chi connectivity index (χ1v) is 8.18. The Labute approximate surface area is 132 Å². The van der Waals surface area contributed by atoms with Crippen LogP contribution in [0.2, 0.25) is 5.15 Å². The molecule has 3 aromatic rings. The van der Waals surface area contributed by atoms with Crippen molar-refractivity contribution in [1.29, 1.82) is 0 Å². The lowest BCUT2D eigenvalue weighted by Crippen LogP contribution is -2.13. The van der Waals surface area contributed by atoms with Gasteiger partial charge in [0.1, 0.15) is 0 Å². The Kier molecular flexibility index (Phi) is 3.87. The average molecular weight is 335 g/mol. The number of rotatable bonds is 4. The molecule has 0 fully saturated rings. The van der Waals surface area contributed by atoms with Crippen LogP contribution >= 0.6 is 11.6 Å². The van der Waals surface area contributed by atoms with Crippen LogP contribution < -0.4 is 4.72 Å². The van der Waals surface area contributed by atoms with Crippen LogP contribution in [-0.4, -0.2) is 13.4 Å².